The van der Waals surface area contributed by atoms with Crippen molar-refractivity contribution in [2.75, 3.05) is 13.7 Å². The Kier molecular flexibility index (Phi) is 4.06. The molecule has 0 aliphatic carbocycles. The highest BCUT2D eigenvalue weighted by molar-refractivity contribution is 6.17. The van der Waals surface area contributed by atoms with Crippen LogP contribution in [0, 0.1) is 0 Å². The second-order valence-electron chi connectivity index (χ2n) is 2.82. The van der Waals surface area contributed by atoms with Crippen LogP contribution in [0.4, 0.5) is 0 Å². The third-order valence-electron chi connectivity index (χ3n) is 1.92. The van der Waals surface area contributed by atoms with Gasteiger partial charge >= 0.3 is 0 Å². The summed E-state index contributed by atoms with van der Waals surface area (Å²) in [6.45, 7) is 0.661. The molecule has 0 fully saturated rings. The lowest BCUT2D eigenvalue weighted by Crippen LogP contribution is -2.03. The SMILES string of the molecule is COc1ccc(CCN)cc1CCl. The van der Waals surface area contributed by atoms with Crippen LogP contribution in [0.15, 0.2) is 18.2 Å². The fraction of sp³-hybridized carbons (Fsp3) is 0.400. The molecule has 0 spiro atoms. The Bertz CT molecular complexity index is 276. The Morgan fingerprint density at radius 2 is 2.23 bits per heavy atom. The standard InChI is InChI=1S/C10H14ClNO/c1-13-10-3-2-8(4-5-12)6-9(10)7-11/h2-3,6H,4-5,7,12H2,1H3. The average Bonchev–Trinajstić information content (AvgIpc) is 2.18. The van der Waals surface area contributed by atoms with E-state index in [1.807, 2.05) is 18.2 Å². The molecule has 0 amide bonds. The second kappa shape index (κ2) is 5.10. The van der Waals surface area contributed by atoms with Crippen LogP contribution in [-0.4, -0.2) is 13.7 Å². The number of methoxy groups -OCH3 is 1. The minimum Gasteiger partial charge on any atom is -0.496 e. The van der Waals surface area contributed by atoms with E-state index in [0.717, 1.165) is 17.7 Å². The largest absolute Gasteiger partial charge is 0.496 e. The normalized spacial score (nSPS) is 10.1. The Morgan fingerprint density at radius 1 is 1.46 bits per heavy atom. The lowest BCUT2D eigenvalue weighted by atomic mass is 10.1. The molecular formula is C10H14ClNO. The van der Waals surface area contributed by atoms with Gasteiger partial charge in [-0.1, -0.05) is 12.1 Å². The van der Waals surface area contributed by atoms with Crippen molar-refractivity contribution in [2.45, 2.75) is 12.3 Å². The molecule has 72 valence electrons. The van der Waals surface area contributed by atoms with E-state index < -0.39 is 0 Å². The van der Waals surface area contributed by atoms with Gasteiger partial charge in [-0.3, -0.25) is 0 Å². The van der Waals surface area contributed by atoms with E-state index in [9.17, 15) is 0 Å². The Balaban J connectivity index is 2.91. The van der Waals surface area contributed by atoms with Gasteiger partial charge in [-0.2, -0.15) is 0 Å². The highest BCUT2D eigenvalue weighted by Gasteiger charge is 2.02. The van der Waals surface area contributed by atoms with Crippen molar-refractivity contribution in [3.8, 4) is 5.75 Å². The predicted molar refractivity (Wildman–Crippen MR) is 55.3 cm³/mol. The molecule has 0 saturated carbocycles. The summed E-state index contributed by atoms with van der Waals surface area (Å²) in [4.78, 5) is 0. The summed E-state index contributed by atoms with van der Waals surface area (Å²) >= 11 is 5.77. The molecule has 1 aromatic rings. The highest BCUT2D eigenvalue weighted by atomic mass is 35.5. The number of rotatable bonds is 4. The smallest absolute Gasteiger partial charge is 0.123 e. The fourth-order valence-electron chi connectivity index (χ4n) is 1.26. The zero-order valence-corrected chi connectivity index (χ0v) is 8.47. The van der Waals surface area contributed by atoms with Crippen LogP contribution in [0.5, 0.6) is 5.75 Å². The minimum absolute atomic E-state index is 0.474. The van der Waals surface area contributed by atoms with Crippen LogP contribution in [0.1, 0.15) is 11.1 Å². The van der Waals surface area contributed by atoms with E-state index in [1.165, 1.54) is 5.56 Å². The zero-order chi connectivity index (χ0) is 9.68. The lowest BCUT2D eigenvalue weighted by Gasteiger charge is -2.07. The summed E-state index contributed by atoms with van der Waals surface area (Å²) in [5.41, 5.74) is 7.69. The molecule has 0 bridgehead atoms. The molecule has 0 aromatic heterocycles. The van der Waals surface area contributed by atoms with Crippen molar-refractivity contribution in [3.05, 3.63) is 29.3 Å². The number of hydrogen-bond donors (Lipinski definition) is 1. The van der Waals surface area contributed by atoms with Crippen LogP contribution in [-0.2, 0) is 12.3 Å². The van der Waals surface area contributed by atoms with Crippen molar-refractivity contribution in [1.82, 2.24) is 0 Å². The van der Waals surface area contributed by atoms with Gasteiger partial charge in [0.1, 0.15) is 5.75 Å². The number of benzene rings is 1. The van der Waals surface area contributed by atoms with Crippen LogP contribution in [0.2, 0.25) is 0 Å². The van der Waals surface area contributed by atoms with Crippen molar-refractivity contribution >= 4 is 11.6 Å². The number of hydrogen-bond acceptors (Lipinski definition) is 2. The molecule has 0 aliphatic heterocycles. The summed E-state index contributed by atoms with van der Waals surface area (Å²) in [6, 6.07) is 5.99. The van der Waals surface area contributed by atoms with E-state index in [1.54, 1.807) is 7.11 Å². The molecule has 0 saturated heterocycles. The molecular weight excluding hydrogens is 186 g/mol. The van der Waals surface area contributed by atoms with Crippen molar-refractivity contribution in [2.24, 2.45) is 5.73 Å². The van der Waals surface area contributed by atoms with Gasteiger partial charge in [-0.05, 0) is 24.6 Å². The van der Waals surface area contributed by atoms with Crippen LogP contribution in [0.3, 0.4) is 0 Å². The van der Waals surface area contributed by atoms with Crippen LogP contribution < -0.4 is 10.5 Å². The first-order valence-electron chi connectivity index (χ1n) is 4.23. The third-order valence-corrected chi connectivity index (χ3v) is 2.21. The molecule has 0 unspecified atom stereocenters. The van der Waals surface area contributed by atoms with Gasteiger partial charge in [-0.25, -0.2) is 0 Å². The quantitative estimate of drug-likeness (QED) is 0.753. The minimum atomic E-state index is 0.474. The summed E-state index contributed by atoms with van der Waals surface area (Å²) in [6.07, 6.45) is 0.883. The average molecular weight is 200 g/mol. The Morgan fingerprint density at radius 3 is 2.77 bits per heavy atom. The Hall–Kier alpha value is -0.730. The summed E-state index contributed by atoms with van der Waals surface area (Å²) in [7, 11) is 1.65. The fourth-order valence-corrected chi connectivity index (χ4v) is 1.47. The maximum atomic E-state index is 5.77. The van der Waals surface area contributed by atoms with Gasteiger partial charge in [0.2, 0.25) is 0 Å². The van der Waals surface area contributed by atoms with Crippen molar-refractivity contribution in [3.63, 3.8) is 0 Å². The maximum absolute atomic E-state index is 5.77. The van der Waals surface area contributed by atoms with E-state index in [-0.39, 0.29) is 0 Å². The molecule has 1 rings (SSSR count). The molecule has 0 aliphatic rings. The number of halogens is 1. The van der Waals surface area contributed by atoms with E-state index in [2.05, 4.69) is 0 Å². The maximum Gasteiger partial charge on any atom is 0.123 e. The number of ether oxygens (including phenoxy) is 1. The summed E-state index contributed by atoms with van der Waals surface area (Å²) in [5.74, 6) is 1.32. The Labute approximate surface area is 83.6 Å². The molecule has 3 heteroatoms. The second-order valence-corrected chi connectivity index (χ2v) is 3.09. The lowest BCUT2D eigenvalue weighted by molar-refractivity contribution is 0.411. The zero-order valence-electron chi connectivity index (χ0n) is 7.72. The van der Waals surface area contributed by atoms with Crippen molar-refractivity contribution < 1.29 is 4.74 Å². The van der Waals surface area contributed by atoms with Gasteiger partial charge in [0.05, 0.1) is 13.0 Å². The van der Waals surface area contributed by atoms with E-state index >= 15 is 0 Å². The van der Waals surface area contributed by atoms with Crippen LogP contribution in [0.25, 0.3) is 0 Å². The van der Waals surface area contributed by atoms with Crippen molar-refractivity contribution in [1.29, 1.82) is 0 Å². The van der Waals surface area contributed by atoms with E-state index in [0.29, 0.717) is 12.4 Å². The van der Waals surface area contributed by atoms with Gasteiger partial charge < -0.3 is 10.5 Å². The molecule has 0 heterocycles. The highest BCUT2D eigenvalue weighted by Crippen LogP contribution is 2.21. The molecule has 0 radical (unpaired) electrons. The van der Waals surface area contributed by atoms with Crippen LogP contribution >= 0.6 is 11.6 Å². The topological polar surface area (TPSA) is 35.2 Å². The van der Waals surface area contributed by atoms with Gasteiger partial charge in [0, 0.05) is 5.56 Å². The number of alkyl halides is 1. The molecule has 0 atom stereocenters. The number of nitrogens with two attached hydrogens (primary N) is 1. The van der Waals surface area contributed by atoms with Gasteiger partial charge in [-0.15, -0.1) is 11.6 Å². The first kappa shape index (κ1) is 10.4. The summed E-state index contributed by atoms with van der Waals surface area (Å²) < 4.78 is 5.15. The predicted octanol–water partition coefficient (Wildman–Crippen LogP) is 1.94. The third kappa shape index (κ3) is 2.61. The first-order chi connectivity index (χ1) is 6.31. The van der Waals surface area contributed by atoms with Gasteiger partial charge in [0.15, 0.2) is 0 Å². The van der Waals surface area contributed by atoms with E-state index in [4.69, 9.17) is 22.1 Å². The van der Waals surface area contributed by atoms with Gasteiger partial charge in [0.25, 0.3) is 0 Å². The molecule has 13 heavy (non-hydrogen) atoms. The summed E-state index contributed by atoms with van der Waals surface area (Å²) in [5, 5.41) is 0. The molecule has 1 aromatic carbocycles. The first-order valence-corrected chi connectivity index (χ1v) is 4.77. The monoisotopic (exact) mass is 199 g/mol. The molecule has 2 N–H and O–H groups in total. The molecule has 2 nitrogen and oxygen atoms in total.